The number of benzene rings is 1. The molecule has 0 amide bonds. The van der Waals surface area contributed by atoms with Crippen molar-refractivity contribution in [3.8, 4) is 11.3 Å². The number of aryl methyl sites for hydroxylation is 2. The molecule has 3 heteroatoms. The normalized spacial score (nSPS) is 10.7. The SMILES string of the molecule is Cc1nn(C)c(-c2ccccc2Cl)c1C. The van der Waals surface area contributed by atoms with E-state index in [9.17, 15) is 0 Å². The van der Waals surface area contributed by atoms with E-state index in [1.807, 2.05) is 42.9 Å². The van der Waals surface area contributed by atoms with Gasteiger partial charge in [-0.1, -0.05) is 29.8 Å². The van der Waals surface area contributed by atoms with Crippen LogP contribution in [0.4, 0.5) is 0 Å². The van der Waals surface area contributed by atoms with Crippen molar-refractivity contribution >= 4 is 11.6 Å². The van der Waals surface area contributed by atoms with E-state index in [0.717, 1.165) is 22.0 Å². The molecule has 0 fully saturated rings. The molecule has 0 aliphatic heterocycles. The number of nitrogens with zero attached hydrogens (tertiary/aromatic N) is 2. The van der Waals surface area contributed by atoms with Crippen molar-refractivity contribution in [3.63, 3.8) is 0 Å². The fourth-order valence-corrected chi connectivity index (χ4v) is 2.02. The van der Waals surface area contributed by atoms with Gasteiger partial charge in [-0.05, 0) is 25.5 Å². The highest BCUT2D eigenvalue weighted by Gasteiger charge is 2.13. The molecule has 0 bridgehead atoms. The third-order valence-electron chi connectivity index (χ3n) is 2.65. The van der Waals surface area contributed by atoms with Gasteiger partial charge in [0.2, 0.25) is 0 Å². The Morgan fingerprint density at radius 1 is 1.20 bits per heavy atom. The lowest BCUT2D eigenvalue weighted by Crippen LogP contribution is -1.94. The number of aromatic nitrogens is 2. The van der Waals surface area contributed by atoms with Gasteiger partial charge < -0.3 is 0 Å². The molecule has 0 N–H and O–H groups in total. The van der Waals surface area contributed by atoms with Crippen LogP contribution >= 0.6 is 11.6 Å². The first kappa shape index (κ1) is 10.2. The van der Waals surface area contributed by atoms with Crippen molar-refractivity contribution in [2.24, 2.45) is 7.05 Å². The molecule has 78 valence electrons. The van der Waals surface area contributed by atoms with Crippen molar-refractivity contribution in [3.05, 3.63) is 40.5 Å². The molecule has 0 saturated carbocycles. The Morgan fingerprint density at radius 3 is 2.40 bits per heavy atom. The van der Waals surface area contributed by atoms with Crippen LogP contribution in [-0.2, 0) is 7.05 Å². The van der Waals surface area contributed by atoms with Gasteiger partial charge in [-0.2, -0.15) is 5.10 Å². The molecule has 2 aromatic rings. The molecule has 1 aromatic carbocycles. The van der Waals surface area contributed by atoms with Crippen molar-refractivity contribution < 1.29 is 0 Å². The van der Waals surface area contributed by atoms with E-state index < -0.39 is 0 Å². The molecule has 1 heterocycles. The molecule has 0 unspecified atom stereocenters. The molecule has 0 atom stereocenters. The molecule has 2 nitrogen and oxygen atoms in total. The largest absolute Gasteiger partial charge is 0.267 e. The summed E-state index contributed by atoms with van der Waals surface area (Å²) in [5, 5.41) is 5.15. The maximum absolute atomic E-state index is 6.17. The van der Waals surface area contributed by atoms with Gasteiger partial charge in [0.15, 0.2) is 0 Å². The van der Waals surface area contributed by atoms with Gasteiger partial charge in [-0.3, -0.25) is 4.68 Å². The van der Waals surface area contributed by atoms with E-state index in [2.05, 4.69) is 12.0 Å². The zero-order valence-corrected chi connectivity index (χ0v) is 9.84. The first-order chi connectivity index (χ1) is 7.11. The zero-order valence-electron chi connectivity index (χ0n) is 9.08. The van der Waals surface area contributed by atoms with Gasteiger partial charge in [0, 0.05) is 17.6 Å². The predicted octanol–water partition coefficient (Wildman–Crippen LogP) is 3.36. The third kappa shape index (κ3) is 1.65. The number of hydrogen-bond donors (Lipinski definition) is 0. The molecule has 0 saturated heterocycles. The second kappa shape index (κ2) is 3.70. The highest BCUT2D eigenvalue weighted by atomic mass is 35.5. The lowest BCUT2D eigenvalue weighted by atomic mass is 10.1. The summed E-state index contributed by atoms with van der Waals surface area (Å²) < 4.78 is 1.88. The topological polar surface area (TPSA) is 17.8 Å². The molecule has 0 spiro atoms. The van der Waals surface area contributed by atoms with Crippen LogP contribution < -0.4 is 0 Å². The van der Waals surface area contributed by atoms with E-state index in [0.29, 0.717) is 0 Å². The van der Waals surface area contributed by atoms with Crippen LogP contribution in [0.25, 0.3) is 11.3 Å². The van der Waals surface area contributed by atoms with Crippen LogP contribution in [-0.4, -0.2) is 9.78 Å². The number of rotatable bonds is 1. The van der Waals surface area contributed by atoms with E-state index in [1.165, 1.54) is 5.56 Å². The van der Waals surface area contributed by atoms with Gasteiger partial charge in [0.1, 0.15) is 0 Å². The standard InChI is InChI=1S/C12H13ClN2/c1-8-9(2)14-15(3)12(8)10-6-4-5-7-11(10)13/h4-7H,1-3H3. The minimum Gasteiger partial charge on any atom is -0.267 e. The Morgan fingerprint density at radius 2 is 1.87 bits per heavy atom. The Balaban J connectivity index is 2.69. The van der Waals surface area contributed by atoms with E-state index >= 15 is 0 Å². The molecule has 2 rings (SSSR count). The Labute approximate surface area is 94.5 Å². The van der Waals surface area contributed by atoms with Crippen molar-refractivity contribution in [1.29, 1.82) is 0 Å². The summed E-state index contributed by atoms with van der Waals surface area (Å²) in [5.41, 5.74) is 4.37. The van der Waals surface area contributed by atoms with Crippen LogP contribution in [0.2, 0.25) is 5.02 Å². The van der Waals surface area contributed by atoms with Gasteiger partial charge in [-0.15, -0.1) is 0 Å². The van der Waals surface area contributed by atoms with Gasteiger partial charge in [0.25, 0.3) is 0 Å². The monoisotopic (exact) mass is 220 g/mol. The smallest absolute Gasteiger partial charge is 0.0725 e. The second-order valence-electron chi connectivity index (χ2n) is 3.66. The van der Waals surface area contributed by atoms with E-state index in [1.54, 1.807) is 0 Å². The quantitative estimate of drug-likeness (QED) is 0.721. The molecule has 0 aliphatic carbocycles. The predicted molar refractivity (Wildman–Crippen MR) is 63.1 cm³/mol. The number of hydrogen-bond acceptors (Lipinski definition) is 1. The maximum Gasteiger partial charge on any atom is 0.0725 e. The lowest BCUT2D eigenvalue weighted by molar-refractivity contribution is 0.764. The van der Waals surface area contributed by atoms with Crippen molar-refractivity contribution in [1.82, 2.24) is 9.78 Å². The van der Waals surface area contributed by atoms with Gasteiger partial charge >= 0.3 is 0 Å². The van der Waals surface area contributed by atoms with Gasteiger partial charge in [0.05, 0.1) is 11.4 Å². The molecule has 0 radical (unpaired) electrons. The second-order valence-corrected chi connectivity index (χ2v) is 4.07. The summed E-state index contributed by atoms with van der Waals surface area (Å²) in [6.45, 7) is 4.08. The van der Waals surface area contributed by atoms with Crippen LogP contribution in [0, 0.1) is 13.8 Å². The summed E-state index contributed by atoms with van der Waals surface area (Å²) in [4.78, 5) is 0. The minimum absolute atomic E-state index is 0.767. The molecule has 1 aromatic heterocycles. The first-order valence-electron chi connectivity index (χ1n) is 4.86. The average Bonchev–Trinajstić information content (AvgIpc) is 2.43. The van der Waals surface area contributed by atoms with Crippen molar-refractivity contribution in [2.75, 3.05) is 0 Å². The van der Waals surface area contributed by atoms with Crippen LogP contribution in [0.15, 0.2) is 24.3 Å². The molecule has 15 heavy (non-hydrogen) atoms. The zero-order chi connectivity index (χ0) is 11.0. The molecular formula is C12H13ClN2. The summed E-state index contributed by atoms with van der Waals surface area (Å²) >= 11 is 6.17. The first-order valence-corrected chi connectivity index (χ1v) is 5.24. The van der Waals surface area contributed by atoms with Crippen LogP contribution in [0.5, 0.6) is 0 Å². The van der Waals surface area contributed by atoms with E-state index in [4.69, 9.17) is 11.6 Å². The highest BCUT2D eigenvalue weighted by molar-refractivity contribution is 6.33. The third-order valence-corrected chi connectivity index (χ3v) is 2.98. The Bertz CT molecular complexity index is 500. The summed E-state index contributed by atoms with van der Waals surface area (Å²) in [6, 6.07) is 7.85. The minimum atomic E-state index is 0.767. The fourth-order valence-electron chi connectivity index (χ4n) is 1.79. The maximum atomic E-state index is 6.17. The Hall–Kier alpha value is -1.28. The Kier molecular flexibility index (Phi) is 2.53. The van der Waals surface area contributed by atoms with Crippen LogP contribution in [0.1, 0.15) is 11.3 Å². The summed E-state index contributed by atoms with van der Waals surface area (Å²) in [7, 11) is 1.94. The molecule has 0 aliphatic rings. The molecular weight excluding hydrogens is 208 g/mol. The highest BCUT2D eigenvalue weighted by Crippen LogP contribution is 2.30. The average molecular weight is 221 g/mol. The van der Waals surface area contributed by atoms with E-state index in [-0.39, 0.29) is 0 Å². The van der Waals surface area contributed by atoms with Crippen LogP contribution in [0.3, 0.4) is 0 Å². The van der Waals surface area contributed by atoms with Crippen molar-refractivity contribution in [2.45, 2.75) is 13.8 Å². The fraction of sp³-hybridized carbons (Fsp3) is 0.250. The number of halogens is 1. The lowest BCUT2D eigenvalue weighted by Gasteiger charge is -2.05. The van der Waals surface area contributed by atoms with Gasteiger partial charge in [-0.25, -0.2) is 0 Å². The summed E-state index contributed by atoms with van der Waals surface area (Å²) in [6.07, 6.45) is 0. The summed E-state index contributed by atoms with van der Waals surface area (Å²) in [5.74, 6) is 0.